The fourth-order valence-electron chi connectivity index (χ4n) is 3.01. The minimum atomic E-state index is -0.363. The molecule has 4 rings (SSSR count). The van der Waals surface area contributed by atoms with E-state index in [9.17, 15) is 0 Å². The van der Waals surface area contributed by atoms with Crippen LogP contribution in [0.5, 0.6) is 5.75 Å². The van der Waals surface area contributed by atoms with Crippen molar-refractivity contribution in [3.8, 4) is 5.75 Å². The van der Waals surface area contributed by atoms with Crippen molar-refractivity contribution in [3.63, 3.8) is 0 Å². The lowest BCUT2D eigenvalue weighted by Crippen LogP contribution is -2.49. The van der Waals surface area contributed by atoms with E-state index in [-0.39, 0.29) is 5.72 Å². The van der Waals surface area contributed by atoms with Crippen LogP contribution in [0, 0.1) is 0 Å². The molecular formula is C17H15NO. The van der Waals surface area contributed by atoms with Crippen LogP contribution in [-0.2, 0) is 6.42 Å². The number of benzene rings is 2. The van der Waals surface area contributed by atoms with E-state index in [0.717, 1.165) is 17.7 Å². The van der Waals surface area contributed by atoms with Crippen LogP contribution in [0.3, 0.4) is 0 Å². The Morgan fingerprint density at radius 1 is 1.05 bits per heavy atom. The van der Waals surface area contributed by atoms with Crippen molar-refractivity contribution in [1.29, 1.82) is 0 Å². The summed E-state index contributed by atoms with van der Waals surface area (Å²) in [5.41, 5.74) is 3.39. The molecular weight excluding hydrogens is 234 g/mol. The summed E-state index contributed by atoms with van der Waals surface area (Å²) >= 11 is 0. The molecule has 0 aromatic heterocycles. The number of likely N-dealkylation sites (N-methyl/N-ethyl adjacent to an activating group) is 1. The van der Waals surface area contributed by atoms with Crippen LogP contribution in [0.15, 0.2) is 54.6 Å². The van der Waals surface area contributed by atoms with Gasteiger partial charge in [-0.05, 0) is 29.8 Å². The maximum atomic E-state index is 6.31. The van der Waals surface area contributed by atoms with E-state index in [1.165, 1.54) is 11.3 Å². The van der Waals surface area contributed by atoms with E-state index in [2.05, 4.69) is 54.4 Å². The topological polar surface area (TPSA) is 12.5 Å². The van der Waals surface area contributed by atoms with Gasteiger partial charge in [0.2, 0.25) is 5.72 Å². The Labute approximate surface area is 112 Å². The van der Waals surface area contributed by atoms with E-state index in [0.29, 0.717) is 0 Å². The summed E-state index contributed by atoms with van der Waals surface area (Å²) in [7, 11) is 2.10. The number of para-hydroxylation sites is 2. The maximum absolute atomic E-state index is 6.31. The number of hydrogen-bond donors (Lipinski definition) is 0. The molecule has 0 bridgehead atoms. The van der Waals surface area contributed by atoms with Gasteiger partial charge in [-0.1, -0.05) is 36.4 Å². The third-order valence-electron chi connectivity index (χ3n) is 4.09. The molecule has 0 saturated heterocycles. The van der Waals surface area contributed by atoms with E-state index < -0.39 is 0 Å². The van der Waals surface area contributed by atoms with Gasteiger partial charge in [0.15, 0.2) is 0 Å². The summed E-state index contributed by atoms with van der Waals surface area (Å²) in [6.07, 6.45) is 5.24. The Balaban J connectivity index is 1.80. The normalized spacial score (nSPS) is 23.1. The van der Waals surface area contributed by atoms with Crippen LogP contribution in [0.25, 0.3) is 6.08 Å². The van der Waals surface area contributed by atoms with Crippen molar-refractivity contribution in [2.45, 2.75) is 12.1 Å². The molecule has 0 N–H and O–H groups in total. The highest BCUT2D eigenvalue weighted by atomic mass is 16.5. The van der Waals surface area contributed by atoms with Gasteiger partial charge >= 0.3 is 0 Å². The van der Waals surface area contributed by atoms with Crippen molar-refractivity contribution in [2.24, 2.45) is 0 Å². The second-order valence-corrected chi connectivity index (χ2v) is 5.18. The fraction of sp³-hybridized carbons (Fsp3) is 0.176. The average molecular weight is 249 g/mol. The predicted octanol–water partition coefficient (Wildman–Crippen LogP) is 3.48. The third kappa shape index (κ3) is 1.43. The van der Waals surface area contributed by atoms with Crippen molar-refractivity contribution in [2.75, 3.05) is 11.9 Å². The van der Waals surface area contributed by atoms with Gasteiger partial charge in [-0.3, -0.25) is 0 Å². The van der Waals surface area contributed by atoms with Gasteiger partial charge < -0.3 is 9.64 Å². The molecule has 94 valence electrons. The molecule has 0 fully saturated rings. The van der Waals surface area contributed by atoms with Crippen LogP contribution in [0.1, 0.15) is 11.1 Å². The summed E-state index contributed by atoms with van der Waals surface area (Å²) in [5, 5.41) is 0. The Morgan fingerprint density at radius 2 is 1.84 bits per heavy atom. The van der Waals surface area contributed by atoms with Gasteiger partial charge in [0.25, 0.3) is 0 Å². The highest BCUT2D eigenvalue weighted by Gasteiger charge is 2.43. The van der Waals surface area contributed by atoms with Crippen molar-refractivity contribution in [1.82, 2.24) is 0 Å². The molecule has 2 aromatic rings. The Bertz CT molecular complexity index is 676. The highest BCUT2D eigenvalue weighted by Crippen LogP contribution is 2.43. The lowest BCUT2D eigenvalue weighted by molar-refractivity contribution is 0.128. The molecule has 0 aliphatic carbocycles. The van der Waals surface area contributed by atoms with Gasteiger partial charge in [-0.2, -0.15) is 0 Å². The molecule has 2 heteroatoms. The lowest BCUT2D eigenvalue weighted by atomic mass is 10.0. The van der Waals surface area contributed by atoms with E-state index in [1.54, 1.807) is 0 Å². The Morgan fingerprint density at radius 3 is 2.74 bits per heavy atom. The maximum Gasteiger partial charge on any atom is 0.206 e. The van der Waals surface area contributed by atoms with Crippen molar-refractivity contribution < 1.29 is 4.74 Å². The van der Waals surface area contributed by atoms with Gasteiger partial charge in [-0.15, -0.1) is 0 Å². The molecule has 0 amide bonds. The van der Waals surface area contributed by atoms with Gasteiger partial charge in [0, 0.05) is 24.7 Å². The van der Waals surface area contributed by atoms with Crippen LogP contribution in [-0.4, -0.2) is 12.8 Å². The van der Waals surface area contributed by atoms with Gasteiger partial charge in [-0.25, -0.2) is 0 Å². The van der Waals surface area contributed by atoms with Gasteiger partial charge in [0.05, 0.1) is 0 Å². The first-order valence-corrected chi connectivity index (χ1v) is 6.58. The number of nitrogens with zero attached hydrogens (tertiary/aromatic N) is 1. The second-order valence-electron chi connectivity index (χ2n) is 5.18. The third-order valence-corrected chi connectivity index (χ3v) is 4.09. The number of anilines is 1. The molecule has 2 nitrogen and oxygen atoms in total. The first-order chi connectivity index (χ1) is 9.28. The summed E-state index contributed by atoms with van der Waals surface area (Å²) in [4.78, 5) is 2.23. The molecule has 19 heavy (non-hydrogen) atoms. The molecule has 2 aliphatic rings. The minimum Gasteiger partial charge on any atom is -0.463 e. The van der Waals surface area contributed by atoms with Crippen LogP contribution in [0.2, 0.25) is 0 Å². The Kier molecular flexibility index (Phi) is 2.05. The minimum absolute atomic E-state index is 0.363. The quantitative estimate of drug-likeness (QED) is 0.708. The molecule has 2 aliphatic heterocycles. The smallest absolute Gasteiger partial charge is 0.206 e. The molecule has 1 atom stereocenters. The van der Waals surface area contributed by atoms with Crippen LogP contribution >= 0.6 is 0 Å². The summed E-state index contributed by atoms with van der Waals surface area (Å²) in [6.45, 7) is 0. The highest BCUT2D eigenvalue weighted by molar-refractivity contribution is 5.68. The standard InChI is InChI=1S/C17H15NO/c1-18-15-8-4-2-7-14(15)12-17(18)11-10-13-6-3-5-9-16(13)19-17/h2-11H,12H2,1H3. The van der Waals surface area contributed by atoms with E-state index in [4.69, 9.17) is 4.74 Å². The predicted molar refractivity (Wildman–Crippen MR) is 77.4 cm³/mol. The molecule has 2 aromatic carbocycles. The SMILES string of the molecule is CN1c2ccccc2CC12C=Cc1ccccc1O2. The Hall–Kier alpha value is -2.22. The summed E-state index contributed by atoms with van der Waals surface area (Å²) in [6, 6.07) is 16.7. The summed E-state index contributed by atoms with van der Waals surface area (Å²) in [5.74, 6) is 0.963. The largest absolute Gasteiger partial charge is 0.463 e. The molecule has 1 spiro atoms. The van der Waals surface area contributed by atoms with E-state index >= 15 is 0 Å². The molecule has 2 heterocycles. The molecule has 0 radical (unpaired) electrons. The number of hydrogen-bond acceptors (Lipinski definition) is 2. The molecule has 0 saturated carbocycles. The fourth-order valence-corrected chi connectivity index (χ4v) is 3.01. The van der Waals surface area contributed by atoms with E-state index in [1.807, 2.05) is 18.2 Å². The van der Waals surface area contributed by atoms with Gasteiger partial charge in [0.1, 0.15) is 5.75 Å². The first-order valence-electron chi connectivity index (χ1n) is 6.58. The van der Waals surface area contributed by atoms with Crippen molar-refractivity contribution >= 4 is 11.8 Å². The number of fused-ring (bicyclic) bond motifs is 2. The van der Waals surface area contributed by atoms with Crippen LogP contribution < -0.4 is 9.64 Å². The monoisotopic (exact) mass is 249 g/mol. The zero-order chi connectivity index (χ0) is 12.9. The first kappa shape index (κ1) is 10.7. The van der Waals surface area contributed by atoms with Crippen molar-refractivity contribution in [3.05, 3.63) is 65.7 Å². The number of ether oxygens (including phenoxy) is 1. The number of rotatable bonds is 0. The van der Waals surface area contributed by atoms with Crippen LogP contribution in [0.4, 0.5) is 5.69 Å². The summed E-state index contributed by atoms with van der Waals surface area (Å²) < 4.78 is 6.31. The molecule has 1 unspecified atom stereocenters. The average Bonchev–Trinajstić information content (AvgIpc) is 2.72. The second kappa shape index (κ2) is 3.64. The zero-order valence-corrected chi connectivity index (χ0v) is 10.8. The zero-order valence-electron chi connectivity index (χ0n) is 10.8. The lowest BCUT2D eigenvalue weighted by Gasteiger charge is -2.38.